The van der Waals surface area contributed by atoms with Crippen molar-refractivity contribution in [2.75, 3.05) is 0 Å². The quantitative estimate of drug-likeness (QED) is 0.307. The smallest absolute Gasteiger partial charge is 0.290 e. The Bertz CT molecular complexity index is 317. The molecule has 1 aromatic rings. The van der Waals surface area contributed by atoms with E-state index in [9.17, 15) is 4.79 Å². The normalized spacial score (nSPS) is 8.92. The topological polar surface area (TPSA) is 106 Å². The van der Waals surface area contributed by atoms with E-state index in [2.05, 4.69) is 15.5 Å². The van der Waals surface area contributed by atoms with Gasteiger partial charge < -0.3 is 11.5 Å². The molecule has 0 aliphatic carbocycles. The van der Waals surface area contributed by atoms with Gasteiger partial charge in [-0.2, -0.15) is 0 Å². The summed E-state index contributed by atoms with van der Waals surface area (Å²) >= 11 is 0. The maximum atomic E-state index is 11.2. The average molecular weight is 179 g/mol. The number of rotatable bonds is 2. The van der Waals surface area contributed by atoms with Gasteiger partial charge in [-0.1, -0.05) is 6.07 Å². The first-order valence-corrected chi connectivity index (χ1v) is 3.50. The van der Waals surface area contributed by atoms with E-state index >= 15 is 0 Å². The molecule has 0 fully saturated rings. The monoisotopic (exact) mass is 179 g/mol. The molecule has 6 nitrogen and oxygen atoms in total. The van der Waals surface area contributed by atoms with Crippen LogP contribution in [0.1, 0.15) is 10.5 Å². The summed E-state index contributed by atoms with van der Waals surface area (Å²) in [7, 11) is 0. The van der Waals surface area contributed by atoms with Crippen molar-refractivity contribution in [3.63, 3.8) is 0 Å². The van der Waals surface area contributed by atoms with E-state index in [1.807, 2.05) is 0 Å². The number of nitrogens with two attached hydrogens (primary N) is 2. The first-order chi connectivity index (χ1) is 6.20. The van der Waals surface area contributed by atoms with Crippen molar-refractivity contribution in [2.45, 2.75) is 0 Å². The summed E-state index contributed by atoms with van der Waals surface area (Å²) in [5.41, 5.74) is 12.4. The van der Waals surface area contributed by atoms with Crippen LogP contribution in [0.15, 0.2) is 29.5 Å². The molecule has 0 bridgehead atoms. The molecule has 0 aliphatic heterocycles. The van der Waals surface area contributed by atoms with E-state index in [4.69, 9.17) is 11.5 Å². The van der Waals surface area contributed by atoms with E-state index in [1.165, 1.54) is 6.20 Å². The van der Waals surface area contributed by atoms with Crippen LogP contribution < -0.4 is 16.9 Å². The lowest BCUT2D eigenvalue weighted by Crippen LogP contribution is -2.29. The third-order valence-electron chi connectivity index (χ3n) is 1.18. The van der Waals surface area contributed by atoms with Crippen molar-refractivity contribution in [1.29, 1.82) is 0 Å². The second-order valence-corrected chi connectivity index (χ2v) is 2.19. The molecule has 1 amide bonds. The number of hydrazone groups is 1. The molecule has 0 saturated heterocycles. The summed E-state index contributed by atoms with van der Waals surface area (Å²) in [5.74, 6) is -0.654. The van der Waals surface area contributed by atoms with E-state index in [-0.39, 0.29) is 11.7 Å². The van der Waals surface area contributed by atoms with Crippen molar-refractivity contribution in [1.82, 2.24) is 10.4 Å². The minimum atomic E-state index is -0.450. The molecule has 6 heteroatoms. The molecule has 0 spiro atoms. The average Bonchev–Trinajstić information content (AvgIpc) is 2.15. The van der Waals surface area contributed by atoms with Gasteiger partial charge in [-0.3, -0.25) is 9.78 Å². The molecule has 5 N–H and O–H groups in total. The first-order valence-electron chi connectivity index (χ1n) is 3.50. The van der Waals surface area contributed by atoms with Crippen LogP contribution in [0.5, 0.6) is 0 Å². The number of hydrogen-bond donors (Lipinski definition) is 3. The molecule has 13 heavy (non-hydrogen) atoms. The third-order valence-corrected chi connectivity index (χ3v) is 1.18. The number of carbonyl (C=O) groups excluding carboxylic acids is 1. The number of pyridine rings is 1. The Morgan fingerprint density at radius 2 is 2.23 bits per heavy atom. The Balaban J connectivity index is 2.65. The summed E-state index contributed by atoms with van der Waals surface area (Å²) in [6, 6.07) is 4.95. The fraction of sp³-hybridized carbons (Fsp3) is 0. The zero-order valence-corrected chi connectivity index (χ0v) is 6.77. The van der Waals surface area contributed by atoms with E-state index in [0.29, 0.717) is 0 Å². The summed E-state index contributed by atoms with van der Waals surface area (Å²) in [6.45, 7) is 0. The number of nitrogens with one attached hydrogen (secondary N) is 1. The van der Waals surface area contributed by atoms with Gasteiger partial charge in [-0.15, -0.1) is 5.10 Å². The molecule has 0 unspecified atom stereocenters. The van der Waals surface area contributed by atoms with Crippen LogP contribution in [0.3, 0.4) is 0 Å². The van der Waals surface area contributed by atoms with Crippen LogP contribution in [0.25, 0.3) is 0 Å². The Morgan fingerprint density at radius 3 is 2.77 bits per heavy atom. The van der Waals surface area contributed by atoms with Crippen molar-refractivity contribution in [3.8, 4) is 0 Å². The Morgan fingerprint density at radius 1 is 1.46 bits per heavy atom. The maximum Gasteiger partial charge on any atom is 0.290 e. The fourth-order valence-corrected chi connectivity index (χ4v) is 0.670. The van der Waals surface area contributed by atoms with Crippen molar-refractivity contribution >= 4 is 11.9 Å². The number of amides is 1. The highest BCUT2D eigenvalue weighted by molar-refractivity contribution is 5.92. The van der Waals surface area contributed by atoms with Gasteiger partial charge in [0.25, 0.3) is 5.91 Å². The molecule has 0 aromatic carbocycles. The van der Waals surface area contributed by atoms with Crippen LogP contribution in [-0.4, -0.2) is 16.9 Å². The highest BCUT2D eigenvalue weighted by Gasteiger charge is 2.03. The van der Waals surface area contributed by atoms with Crippen molar-refractivity contribution in [3.05, 3.63) is 30.1 Å². The van der Waals surface area contributed by atoms with Crippen LogP contribution in [0.4, 0.5) is 0 Å². The van der Waals surface area contributed by atoms with Crippen molar-refractivity contribution in [2.24, 2.45) is 16.6 Å². The fourth-order valence-electron chi connectivity index (χ4n) is 0.670. The molecule has 1 rings (SSSR count). The lowest BCUT2D eigenvalue weighted by Gasteiger charge is -1.97. The predicted molar refractivity (Wildman–Crippen MR) is 47.5 cm³/mol. The second kappa shape index (κ2) is 4.05. The van der Waals surface area contributed by atoms with Gasteiger partial charge in [0.15, 0.2) is 0 Å². The molecule has 0 saturated carbocycles. The van der Waals surface area contributed by atoms with Crippen LogP contribution in [-0.2, 0) is 0 Å². The summed E-state index contributed by atoms with van der Waals surface area (Å²) in [4.78, 5) is 15.0. The highest BCUT2D eigenvalue weighted by Crippen LogP contribution is 1.91. The van der Waals surface area contributed by atoms with Crippen LogP contribution in [0, 0.1) is 0 Å². The number of carbonyl (C=O) groups is 1. The third kappa shape index (κ3) is 2.78. The van der Waals surface area contributed by atoms with E-state index < -0.39 is 5.91 Å². The number of hydrogen-bond acceptors (Lipinski definition) is 3. The molecule has 1 aromatic heterocycles. The lowest BCUT2D eigenvalue weighted by atomic mass is 10.3. The minimum Gasteiger partial charge on any atom is -0.369 e. The number of nitrogens with zero attached hydrogens (tertiary/aromatic N) is 2. The van der Waals surface area contributed by atoms with Gasteiger partial charge in [-0.05, 0) is 12.1 Å². The zero-order chi connectivity index (χ0) is 9.68. The Kier molecular flexibility index (Phi) is 2.80. The lowest BCUT2D eigenvalue weighted by molar-refractivity contribution is 0.0949. The number of guanidine groups is 1. The van der Waals surface area contributed by atoms with Gasteiger partial charge in [0.05, 0.1) is 0 Å². The van der Waals surface area contributed by atoms with Gasteiger partial charge in [0, 0.05) is 6.20 Å². The summed E-state index contributed by atoms with van der Waals surface area (Å²) in [6.07, 6.45) is 1.50. The first kappa shape index (κ1) is 8.98. The molecule has 1 heterocycles. The molecule has 0 aliphatic rings. The highest BCUT2D eigenvalue weighted by atomic mass is 16.2. The standard InChI is InChI=1S/C7H9N5O/c8-7(9)12-11-6(13)5-3-1-2-4-10-5/h1-4H,(H,11,13)(H4,8,9,12). The second-order valence-electron chi connectivity index (χ2n) is 2.19. The molecular weight excluding hydrogens is 170 g/mol. The van der Waals surface area contributed by atoms with Crippen molar-refractivity contribution < 1.29 is 4.79 Å². The number of aromatic nitrogens is 1. The maximum absolute atomic E-state index is 11.2. The summed E-state index contributed by atoms with van der Waals surface area (Å²) in [5, 5.41) is 3.33. The molecule has 0 radical (unpaired) electrons. The van der Waals surface area contributed by atoms with Gasteiger partial charge >= 0.3 is 0 Å². The SMILES string of the molecule is NC(N)=NNC(=O)c1ccccn1. The van der Waals surface area contributed by atoms with E-state index in [0.717, 1.165) is 0 Å². The van der Waals surface area contributed by atoms with E-state index in [1.54, 1.807) is 18.2 Å². The molecule has 0 atom stereocenters. The summed E-state index contributed by atoms with van der Waals surface area (Å²) < 4.78 is 0. The zero-order valence-electron chi connectivity index (χ0n) is 6.77. The van der Waals surface area contributed by atoms with Gasteiger partial charge in [0.1, 0.15) is 5.69 Å². The largest absolute Gasteiger partial charge is 0.369 e. The Labute approximate surface area is 74.6 Å². The van der Waals surface area contributed by atoms with Gasteiger partial charge in [-0.25, -0.2) is 5.43 Å². The van der Waals surface area contributed by atoms with Crippen LogP contribution >= 0.6 is 0 Å². The van der Waals surface area contributed by atoms with Crippen LogP contribution in [0.2, 0.25) is 0 Å². The minimum absolute atomic E-state index is 0.204. The molecular formula is C7H9N5O. The molecule has 68 valence electrons. The van der Waals surface area contributed by atoms with Gasteiger partial charge in [0.2, 0.25) is 5.96 Å². The Hall–Kier alpha value is -2.11. The predicted octanol–water partition coefficient (Wildman–Crippen LogP) is -1.00.